The second-order valence-corrected chi connectivity index (χ2v) is 7.23. The number of anilines is 3. The molecule has 7 nitrogen and oxygen atoms in total. The van der Waals surface area contributed by atoms with E-state index < -0.39 is 29.6 Å². The van der Waals surface area contributed by atoms with Gasteiger partial charge in [-0.05, 0) is 50.1 Å². The van der Waals surface area contributed by atoms with Crippen LogP contribution in [-0.2, 0) is 14.3 Å². The summed E-state index contributed by atoms with van der Waals surface area (Å²) in [6, 6.07) is 7.34. The second kappa shape index (κ2) is 7.74. The van der Waals surface area contributed by atoms with Crippen molar-refractivity contribution in [2.24, 2.45) is 0 Å². The van der Waals surface area contributed by atoms with Gasteiger partial charge in [0.2, 0.25) is 5.91 Å². The van der Waals surface area contributed by atoms with Gasteiger partial charge in [0.1, 0.15) is 17.7 Å². The first-order valence-electron chi connectivity index (χ1n) is 9.52. The molecule has 2 aliphatic heterocycles. The number of carbonyl (C=O) groups excluding carboxylic acids is 3. The average molecular weight is 415 g/mol. The molecule has 30 heavy (non-hydrogen) atoms. The molecule has 0 spiro atoms. The van der Waals surface area contributed by atoms with Crippen molar-refractivity contribution >= 4 is 34.8 Å². The number of hydrogen-bond donors (Lipinski definition) is 2. The lowest BCUT2D eigenvalue weighted by atomic mass is 10.1. The van der Waals surface area contributed by atoms with Crippen LogP contribution in [0.25, 0.3) is 0 Å². The molecule has 0 aromatic heterocycles. The van der Waals surface area contributed by atoms with E-state index in [4.69, 9.17) is 4.74 Å². The normalized spacial score (nSPS) is 18.2. The summed E-state index contributed by atoms with van der Waals surface area (Å²) in [4.78, 5) is 38.9. The van der Waals surface area contributed by atoms with Gasteiger partial charge in [-0.1, -0.05) is 0 Å². The Morgan fingerprint density at radius 3 is 2.80 bits per heavy atom. The Kier molecular flexibility index (Phi) is 5.11. The molecule has 0 saturated carbocycles. The Morgan fingerprint density at radius 2 is 2.03 bits per heavy atom. The van der Waals surface area contributed by atoms with Gasteiger partial charge in [0.25, 0.3) is 5.91 Å². The van der Waals surface area contributed by atoms with Crippen molar-refractivity contribution in [3.05, 3.63) is 53.6 Å². The molecule has 2 atom stereocenters. The predicted molar refractivity (Wildman–Crippen MR) is 105 cm³/mol. The molecule has 9 heteroatoms. The molecule has 2 N–H and O–H groups in total. The number of amides is 2. The topological polar surface area (TPSA) is 87.7 Å². The van der Waals surface area contributed by atoms with Gasteiger partial charge >= 0.3 is 5.97 Å². The number of fused-ring (bicyclic) bond motifs is 3. The third kappa shape index (κ3) is 3.70. The first-order chi connectivity index (χ1) is 14.3. The van der Waals surface area contributed by atoms with E-state index in [-0.39, 0.29) is 23.2 Å². The van der Waals surface area contributed by atoms with Gasteiger partial charge in [0.15, 0.2) is 6.10 Å². The van der Waals surface area contributed by atoms with E-state index in [0.717, 1.165) is 37.2 Å². The van der Waals surface area contributed by atoms with Gasteiger partial charge in [-0.2, -0.15) is 0 Å². The molecular formula is C21H19F2N3O4. The minimum absolute atomic E-state index is 0.111. The molecule has 1 fully saturated rings. The summed E-state index contributed by atoms with van der Waals surface area (Å²) in [7, 11) is 0. The highest BCUT2D eigenvalue weighted by Gasteiger charge is 2.36. The Bertz CT molecular complexity index is 1040. The van der Waals surface area contributed by atoms with Crippen LogP contribution < -0.4 is 15.5 Å². The largest absolute Gasteiger partial charge is 0.449 e. The molecule has 0 radical (unpaired) electrons. The number of esters is 1. The highest BCUT2D eigenvalue weighted by atomic mass is 19.1. The van der Waals surface area contributed by atoms with E-state index in [1.54, 1.807) is 12.1 Å². The number of carbonyl (C=O) groups is 3. The zero-order chi connectivity index (χ0) is 21.4. The quantitative estimate of drug-likeness (QED) is 0.750. The van der Waals surface area contributed by atoms with Gasteiger partial charge < -0.3 is 20.3 Å². The highest BCUT2D eigenvalue weighted by molar-refractivity contribution is 6.05. The summed E-state index contributed by atoms with van der Waals surface area (Å²) in [5.41, 5.74) is 1.30. The van der Waals surface area contributed by atoms with Crippen LogP contribution in [0.3, 0.4) is 0 Å². The number of nitrogens with zero attached hydrogens (tertiary/aromatic N) is 1. The fourth-order valence-electron chi connectivity index (χ4n) is 3.66. The molecule has 4 rings (SSSR count). The maximum absolute atomic E-state index is 13.7. The molecular weight excluding hydrogens is 396 g/mol. The van der Waals surface area contributed by atoms with Crippen molar-refractivity contribution in [3.8, 4) is 0 Å². The zero-order valence-corrected chi connectivity index (χ0v) is 16.1. The number of halogens is 2. The first kappa shape index (κ1) is 19.8. The van der Waals surface area contributed by atoms with Crippen LogP contribution in [0.4, 0.5) is 25.8 Å². The molecule has 156 valence electrons. The number of nitrogens with one attached hydrogen (secondary N) is 2. The SMILES string of the molecule is C[C@H](OC(=O)c1ccc2c(c1)NC(=O)[C@@H]1CCCN21)C(=O)Nc1ccc(F)cc1F. The fourth-order valence-corrected chi connectivity index (χ4v) is 3.66. The van der Waals surface area contributed by atoms with E-state index in [2.05, 4.69) is 10.6 Å². The lowest BCUT2D eigenvalue weighted by Gasteiger charge is -2.33. The van der Waals surface area contributed by atoms with E-state index in [1.807, 2.05) is 4.90 Å². The molecule has 0 bridgehead atoms. The van der Waals surface area contributed by atoms with Crippen molar-refractivity contribution in [2.45, 2.75) is 31.9 Å². The Balaban J connectivity index is 1.44. The summed E-state index contributed by atoms with van der Waals surface area (Å²) in [6.07, 6.45) is 0.481. The van der Waals surface area contributed by atoms with Crippen LogP contribution in [0.1, 0.15) is 30.1 Å². The Hall–Kier alpha value is -3.49. The van der Waals surface area contributed by atoms with Gasteiger partial charge in [-0.25, -0.2) is 13.6 Å². The summed E-state index contributed by atoms with van der Waals surface area (Å²) >= 11 is 0. The Morgan fingerprint density at radius 1 is 1.23 bits per heavy atom. The van der Waals surface area contributed by atoms with Crippen LogP contribution in [-0.4, -0.2) is 36.5 Å². The summed E-state index contributed by atoms with van der Waals surface area (Å²) in [6.45, 7) is 2.11. The summed E-state index contributed by atoms with van der Waals surface area (Å²) < 4.78 is 31.8. The van der Waals surface area contributed by atoms with E-state index >= 15 is 0 Å². The average Bonchev–Trinajstić information content (AvgIpc) is 3.20. The van der Waals surface area contributed by atoms with E-state index in [9.17, 15) is 23.2 Å². The smallest absolute Gasteiger partial charge is 0.338 e. The molecule has 0 unspecified atom stereocenters. The summed E-state index contributed by atoms with van der Waals surface area (Å²) in [5, 5.41) is 5.06. The van der Waals surface area contributed by atoms with Crippen LogP contribution in [0.5, 0.6) is 0 Å². The predicted octanol–water partition coefficient (Wildman–Crippen LogP) is 3.07. The van der Waals surface area contributed by atoms with Crippen LogP contribution in [0.2, 0.25) is 0 Å². The van der Waals surface area contributed by atoms with Gasteiger partial charge in [0, 0.05) is 12.6 Å². The van der Waals surface area contributed by atoms with Crippen LogP contribution >= 0.6 is 0 Å². The number of rotatable bonds is 4. The lowest BCUT2D eigenvalue weighted by Crippen LogP contribution is -2.43. The molecule has 1 saturated heterocycles. The van der Waals surface area contributed by atoms with Crippen LogP contribution in [0.15, 0.2) is 36.4 Å². The van der Waals surface area contributed by atoms with Crippen molar-refractivity contribution in [2.75, 3.05) is 22.1 Å². The van der Waals surface area contributed by atoms with Gasteiger partial charge in [0.05, 0.1) is 22.6 Å². The molecule has 2 heterocycles. The Labute approximate surface area is 171 Å². The van der Waals surface area contributed by atoms with E-state index in [0.29, 0.717) is 11.8 Å². The van der Waals surface area contributed by atoms with Crippen molar-refractivity contribution in [3.63, 3.8) is 0 Å². The lowest BCUT2D eigenvalue weighted by molar-refractivity contribution is -0.123. The maximum atomic E-state index is 13.7. The first-order valence-corrected chi connectivity index (χ1v) is 9.52. The molecule has 0 aliphatic carbocycles. The molecule has 2 aliphatic rings. The summed E-state index contributed by atoms with van der Waals surface area (Å²) in [5.74, 6) is -3.35. The standard InChI is InChI=1S/C21H19F2N3O4/c1-11(19(27)24-15-6-5-13(22)10-14(15)23)30-21(29)12-4-7-17-16(9-12)25-20(28)18-3-2-8-26(17)18/h4-7,9-11,18H,2-3,8H2,1H3,(H,24,27)(H,25,28)/t11-,18-/m0/s1. The highest BCUT2D eigenvalue weighted by Crippen LogP contribution is 2.37. The number of hydrogen-bond acceptors (Lipinski definition) is 5. The van der Waals surface area contributed by atoms with Crippen LogP contribution in [0, 0.1) is 11.6 Å². The number of benzene rings is 2. The molecule has 2 aromatic rings. The molecule has 2 amide bonds. The third-order valence-electron chi connectivity index (χ3n) is 5.20. The van der Waals surface area contributed by atoms with Gasteiger partial charge in [-0.15, -0.1) is 0 Å². The van der Waals surface area contributed by atoms with E-state index in [1.165, 1.54) is 13.0 Å². The maximum Gasteiger partial charge on any atom is 0.338 e. The minimum Gasteiger partial charge on any atom is -0.449 e. The zero-order valence-electron chi connectivity index (χ0n) is 16.1. The number of ether oxygens (including phenoxy) is 1. The minimum atomic E-state index is -1.23. The van der Waals surface area contributed by atoms with Gasteiger partial charge in [-0.3, -0.25) is 9.59 Å². The van der Waals surface area contributed by atoms with Crippen molar-refractivity contribution in [1.82, 2.24) is 0 Å². The monoisotopic (exact) mass is 415 g/mol. The van der Waals surface area contributed by atoms with Crippen molar-refractivity contribution in [1.29, 1.82) is 0 Å². The second-order valence-electron chi connectivity index (χ2n) is 7.23. The van der Waals surface area contributed by atoms with Crippen molar-refractivity contribution < 1.29 is 27.9 Å². The molecule has 2 aromatic carbocycles. The third-order valence-corrected chi connectivity index (χ3v) is 5.20. The fraction of sp³-hybridized carbons (Fsp3) is 0.286.